The van der Waals surface area contributed by atoms with Gasteiger partial charge in [0.25, 0.3) is 0 Å². The summed E-state index contributed by atoms with van der Waals surface area (Å²) in [7, 11) is 0. The quantitative estimate of drug-likeness (QED) is 0.570. The highest BCUT2D eigenvalue weighted by atomic mass is 32.2. The number of hydrogen-bond donors (Lipinski definition) is 0. The van der Waals surface area contributed by atoms with E-state index in [9.17, 15) is 0 Å². The molecule has 1 nitrogen and oxygen atoms in total. The van der Waals surface area contributed by atoms with E-state index in [0.29, 0.717) is 5.92 Å². The minimum absolute atomic E-state index is 0.247. The first-order valence-corrected chi connectivity index (χ1v) is 9.93. The van der Waals surface area contributed by atoms with Crippen molar-refractivity contribution < 1.29 is 0 Å². The van der Waals surface area contributed by atoms with Crippen LogP contribution in [0.25, 0.3) is 0 Å². The van der Waals surface area contributed by atoms with Gasteiger partial charge in [-0.1, -0.05) is 56.1 Å². The van der Waals surface area contributed by atoms with Gasteiger partial charge in [0.1, 0.15) is 0 Å². The molecule has 1 aliphatic heterocycles. The van der Waals surface area contributed by atoms with E-state index in [1.54, 1.807) is 11.1 Å². The first-order chi connectivity index (χ1) is 10.7. The molecule has 1 aliphatic carbocycles. The van der Waals surface area contributed by atoms with Crippen LogP contribution >= 0.6 is 11.9 Å². The highest BCUT2D eigenvalue weighted by Crippen LogP contribution is 2.43. The molecule has 1 heterocycles. The fraction of sp³-hybridized carbons (Fsp3) is 0.600. The Morgan fingerprint density at radius 2 is 2.23 bits per heavy atom. The second-order valence-corrected chi connectivity index (χ2v) is 7.91. The topological polar surface area (TPSA) is 3.24 Å². The molecule has 120 valence electrons. The molecule has 0 bridgehead atoms. The second kappa shape index (κ2) is 6.80. The van der Waals surface area contributed by atoms with Crippen LogP contribution < -0.4 is 0 Å². The number of hydrogen-bond acceptors (Lipinski definition) is 2. The van der Waals surface area contributed by atoms with Crippen molar-refractivity contribution in [1.29, 1.82) is 0 Å². The van der Waals surface area contributed by atoms with Crippen molar-refractivity contribution in [2.45, 2.75) is 51.4 Å². The molecule has 2 atom stereocenters. The van der Waals surface area contributed by atoms with Crippen molar-refractivity contribution in [3.63, 3.8) is 0 Å². The Morgan fingerprint density at radius 1 is 1.36 bits per heavy atom. The van der Waals surface area contributed by atoms with E-state index in [2.05, 4.69) is 54.8 Å². The third kappa shape index (κ3) is 3.00. The van der Waals surface area contributed by atoms with Gasteiger partial charge in [-0.25, -0.2) is 4.31 Å². The fourth-order valence-corrected chi connectivity index (χ4v) is 4.86. The van der Waals surface area contributed by atoms with Crippen molar-refractivity contribution >= 4 is 11.9 Å². The largest absolute Gasteiger partial charge is 0.250 e. The maximum absolute atomic E-state index is 2.58. The Kier molecular flexibility index (Phi) is 4.99. The summed E-state index contributed by atoms with van der Waals surface area (Å²) < 4.78 is 2.58. The zero-order chi connectivity index (χ0) is 15.6. The molecule has 0 saturated carbocycles. The first kappa shape index (κ1) is 16.1. The molecule has 0 N–H and O–H groups in total. The van der Waals surface area contributed by atoms with Gasteiger partial charge in [-0.2, -0.15) is 0 Å². The maximum Gasteiger partial charge on any atom is 0.0190 e. The zero-order valence-corrected chi connectivity index (χ0v) is 15.1. The van der Waals surface area contributed by atoms with Crippen LogP contribution in [0, 0.1) is 5.92 Å². The molecule has 0 radical (unpaired) electrons. The summed E-state index contributed by atoms with van der Waals surface area (Å²) in [5, 5.41) is 0. The molecule has 0 saturated heterocycles. The van der Waals surface area contributed by atoms with E-state index in [-0.39, 0.29) is 5.41 Å². The lowest BCUT2D eigenvalue weighted by atomic mass is 9.67. The predicted octanol–water partition coefficient (Wildman–Crippen LogP) is 5.00. The van der Waals surface area contributed by atoms with Gasteiger partial charge in [-0.3, -0.25) is 0 Å². The van der Waals surface area contributed by atoms with E-state index in [0.717, 1.165) is 6.42 Å². The van der Waals surface area contributed by atoms with Gasteiger partial charge in [0.2, 0.25) is 0 Å². The summed E-state index contributed by atoms with van der Waals surface area (Å²) in [5.41, 5.74) is 4.94. The van der Waals surface area contributed by atoms with E-state index in [4.69, 9.17) is 0 Å². The molecule has 0 amide bonds. The number of benzene rings is 1. The van der Waals surface area contributed by atoms with E-state index >= 15 is 0 Å². The smallest absolute Gasteiger partial charge is 0.0190 e. The minimum atomic E-state index is 0.247. The number of fused-ring (bicyclic) bond motifs is 1. The highest BCUT2D eigenvalue weighted by Gasteiger charge is 2.39. The molecule has 2 aliphatic rings. The summed E-state index contributed by atoms with van der Waals surface area (Å²) in [5.74, 6) is 0.680. The average Bonchev–Trinajstić information content (AvgIpc) is 2.73. The standard InChI is InChI=1S/C20H29NS/c1-4-16-10-11-17-12-13-21(22-3)15-20(2,19(17)14-16)18-8-6-5-7-9-18/h6,8,10-11,14,18H,4-5,7,9,12-13,15H2,1-3H3. The lowest BCUT2D eigenvalue weighted by molar-refractivity contribution is 0.266. The predicted molar refractivity (Wildman–Crippen MR) is 98.4 cm³/mol. The SMILES string of the molecule is CCc1ccc2c(c1)C(C)(C1C=CCCC1)CN(SC)CC2. The summed E-state index contributed by atoms with van der Waals surface area (Å²) in [6.07, 6.45) is 13.4. The highest BCUT2D eigenvalue weighted by molar-refractivity contribution is 7.96. The molecular formula is C20H29NS. The molecule has 22 heavy (non-hydrogen) atoms. The monoisotopic (exact) mass is 315 g/mol. The van der Waals surface area contributed by atoms with Crippen LogP contribution in [0.4, 0.5) is 0 Å². The summed E-state index contributed by atoms with van der Waals surface area (Å²) >= 11 is 1.92. The number of aryl methyl sites for hydroxylation is 1. The Labute approximate surface area is 140 Å². The lowest BCUT2D eigenvalue weighted by Gasteiger charge is -2.40. The molecule has 2 heteroatoms. The Bertz CT molecular complexity index is 551. The zero-order valence-electron chi connectivity index (χ0n) is 14.3. The van der Waals surface area contributed by atoms with Crippen LogP contribution in [0.2, 0.25) is 0 Å². The van der Waals surface area contributed by atoms with Gasteiger partial charge in [0.05, 0.1) is 0 Å². The normalized spacial score (nSPS) is 29.1. The van der Waals surface area contributed by atoms with E-state index in [1.807, 2.05) is 11.9 Å². The average molecular weight is 316 g/mol. The van der Waals surface area contributed by atoms with Crippen LogP contribution in [0.3, 0.4) is 0 Å². The Balaban J connectivity index is 2.07. The van der Waals surface area contributed by atoms with Crippen molar-refractivity contribution in [1.82, 2.24) is 4.31 Å². The summed E-state index contributed by atoms with van der Waals surface area (Å²) in [4.78, 5) is 0. The summed E-state index contributed by atoms with van der Waals surface area (Å²) in [6, 6.07) is 7.26. The van der Waals surface area contributed by atoms with Crippen LogP contribution in [0.1, 0.15) is 49.8 Å². The van der Waals surface area contributed by atoms with Gasteiger partial charge in [0.15, 0.2) is 0 Å². The number of rotatable bonds is 3. The van der Waals surface area contributed by atoms with Gasteiger partial charge in [-0.05, 0) is 61.0 Å². The number of allylic oxidation sites excluding steroid dienone is 2. The molecule has 0 aromatic heterocycles. The van der Waals surface area contributed by atoms with Crippen molar-refractivity contribution in [3.05, 3.63) is 47.0 Å². The van der Waals surface area contributed by atoms with Crippen LogP contribution in [0.15, 0.2) is 30.4 Å². The van der Waals surface area contributed by atoms with Crippen LogP contribution in [0.5, 0.6) is 0 Å². The lowest BCUT2D eigenvalue weighted by Crippen LogP contribution is -2.40. The first-order valence-electron chi connectivity index (χ1n) is 8.75. The Morgan fingerprint density at radius 3 is 2.91 bits per heavy atom. The third-order valence-corrected chi connectivity index (χ3v) is 6.49. The van der Waals surface area contributed by atoms with Crippen LogP contribution in [-0.2, 0) is 18.3 Å². The molecule has 1 aromatic carbocycles. The van der Waals surface area contributed by atoms with Gasteiger partial charge in [-0.15, -0.1) is 0 Å². The van der Waals surface area contributed by atoms with E-state index < -0.39 is 0 Å². The van der Waals surface area contributed by atoms with Gasteiger partial charge in [0, 0.05) is 18.5 Å². The van der Waals surface area contributed by atoms with Gasteiger partial charge >= 0.3 is 0 Å². The molecule has 1 aromatic rings. The molecular weight excluding hydrogens is 286 g/mol. The number of nitrogens with zero attached hydrogens (tertiary/aromatic N) is 1. The van der Waals surface area contributed by atoms with Crippen molar-refractivity contribution in [3.8, 4) is 0 Å². The van der Waals surface area contributed by atoms with E-state index in [1.165, 1.54) is 44.3 Å². The molecule has 2 unspecified atom stereocenters. The van der Waals surface area contributed by atoms with Gasteiger partial charge < -0.3 is 0 Å². The summed E-state index contributed by atoms with van der Waals surface area (Å²) in [6.45, 7) is 7.12. The molecule has 0 fully saturated rings. The second-order valence-electron chi connectivity index (χ2n) is 7.02. The maximum atomic E-state index is 2.58. The molecule has 3 rings (SSSR count). The molecule has 0 spiro atoms. The van der Waals surface area contributed by atoms with Crippen LogP contribution in [-0.4, -0.2) is 23.7 Å². The third-order valence-electron chi connectivity index (χ3n) is 5.66. The fourth-order valence-electron chi connectivity index (χ4n) is 4.19. The minimum Gasteiger partial charge on any atom is -0.250 e. The van der Waals surface area contributed by atoms with Crippen molar-refractivity contribution in [2.24, 2.45) is 5.92 Å². The van der Waals surface area contributed by atoms with Crippen molar-refractivity contribution in [2.75, 3.05) is 19.3 Å². The Hall–Kier alpha value is -0.730.